The molecule has 1 amide bonds. The van der Waals surface area contributed by atoms with Gasteiger partial charge in [-0.25, -0.2) is 4.98 Å². The van der Waals surface area contributed by atoms with E-state index in [0.717, 1.165) is 56.9 Å². The first-order valence-corrected chi connectivity index (χ1v) is 8.08. The van der Waals surface area contributed by atoms with E-state index in [4.69, 9.17) is 0 Å². The average molecular weight is 300 g/mol. The number of rotatable bonds is 3. The van der Waals surface area contributed by atoms with Crippen molar-refractivity contribution in [1.82, 2.24) is 9.88 Å². The molecule has 0 saturated carbocycles. The predicted octanol–water partition coefficient (Wildman–Crippen LogP) is 2.13. The Morgan fingerprint density at radius 1 is 1.23 bits per heavy atom. The molecule has 1 saturated heterocycles. The molecule has 2 aliphatic rings. The Hall–Kier alpha value is -1.88. The van der Waals surface area contributed by atoms with Crippen molar-refractivity contribution in [3.63, 3.8) is 0 Å². The maximum atomic E-state index is 12.2. The van der Waals surface area contributed by atoms with Crippen molar-refractivity contribution in [2.24, 2.45) is 5.92 Å². The predicted molar refractivity (Wildman–Crippen MR) is 89.1 cm³/mol. The first kappa shape index (κ1) is 15.0. The van der Waals surface area contributed by atoms with Crippen LogP contribution in [0.25, 0.3) is 0 Å². The quantitative estimate of drug-likeness (QED) is 0.869. The van der Waals surface area contributed by atoms with E-state index in [1.165, 1.54) is 0 Å². The molecular weight excluding hydrogens is 276 g/mol. The summed E-state index contributed by atoms with van der Waals surface area (Å²) in [4.78, 5) is 21.3. The van der Waals surface area contributed by atoms with Crippen LogP contribution in [0.4, 0.5) is 11.5 Å². The molecule has 5 heteroatoms. The topological polar surface area (TPSA) is 48.5 Å². The van der Waals surface area contributed by atoms with E-state index >= 15 is 0 Å². The van der Waals surface area contributed by atoms with Crippen LogP contribution < -0.4 is 10.2 Å². The van der Waals surface area contributed by atoms with E-state index in [-0.39, 0.29) is 11.8 Å². The fourth-order valence-corrected chi connectivity index (χ4v) is 2.96. The lowest BCUT2D eigenvalue weighted by molar-refractivity contribution is -0.120. The molecule has 0 radical (unpaired) electrons. The van der Waals surface area contributed by atoms with E-state index in [2.05, 4.69) is 39.3 Å². The summed E-state index contributed by atoms with van der Waals surface area (Å²) in [6, 6.07) is 3.96. The van der Waals surface area contributed by atoms with Crippen LogP contribution in [-0.4, -0.2) is 49.0 Å². The lowest BCUT2D eigenvalue weighted by Gasteiger charge is -2.33. The summed E-state index contributed by atoms with van der Waals surface area (Å²) in [5.74, 6) is 1.20. The Kier molecular flexibility index (Phi) is 4.73. The van der Waals surface area contributed by atoms with Crippen molar-refractivity contribution < 1.29 is 4.79 Å². The molecule has 2 heterocycles. The van der Waals surface area contributed by atoms with E-state index in [0.29, 0.717) is 0 Å². The van der Waals surface area contributed by atoms with Crippen LogP contribution in [0.3, 0.4) is 0 Å². The third-order valence-corrected chi connectivity index (χ3v) is 4.48. The number of aromatic nitrogens is 1. The standard InChI is InChI=1S/C17H24N4O/c1-20-9-11-21(12-10-20)16-8-7-15(13-18-16)19-17(22)14-5-3-2-4-6-14/h2-3,7-8,13-14H,4-6,9-12H2,1H3,(H,19,22). The molecule has 1 atom stereocenters. The summed E-state index contributed by atoms with van der Waals surface area (Å²) in [6.07, 6.45) is 8.80. The van der Waals surface area contributed by atoms with Gasteiger partial charge in [0.2, 0.25) is 5.91 Å². The molecule has 0 spiro atoms. The molecule has 1 aliphatic carbocycles. The number of pyridine rings is 1. The van der Waals surface area contributed by atoms with Gasteiger partial charge in [0.1, 0.15) is 5.82 Å². The first-order valence-electron chi connectivity index (χ1n) is 8.08. The van der Waals surface area contributed by atoms with Gasteiger partial charge in [0.25, 0.3) is 0 Å². The second kappa shape index (κ2) is 6.92. The van der Waals surface area contributed by atoms with Gasteiger partial charge >= 0.3 is 0 Å². The van der Waals surface area contributed by atoms with Crippen molar-refractivity contribution in [3.05, 3.63) is 30.5 Å². The maximum absolute atomic E-state index is 12.2. The van der Waals surface area contributed by atoms with Crippen molar-refractivity contribution in [1.29, 1.82) is 0 Å². The Bertz CT molecular complexity index is 532. The Balaban J connectivity index is 1.57. The number of likely N-dealkylation sites (N-methyl/N-ethyl adjacent to an activating group) is 1. The van der Waals surface area contributed by atoms with E-state index < -0.39 is 0 Å². The molecule has 0 bridgehead atoms. The summed E-state index contributed by atoms with van der Waals surface area (Å²) in [7, 11) is 2.14. The monoisotopic (exact) mass is 300 g/mol. The Morgan fingerprint density at radius 3 is 2.68 bits per heavy atom. The van der Waals surface area contributed by atoms with Crippen molar-refractivity contribution >= 4 is 17.4 Å². The van der Waals surface area contributed by atoms with Gasteiger partial charge in [-0.3, -0.25) is 4.79 Å². The number of carbonyl (C=O) groups is 1. The number of hydrogen-bond donors (Lipinski definition) is 1. The minimum atomic E-state index is 0.0994. The highest BCUT2D eigenvalue weighted by Gasteiger charge is 2.19. The van der Waals surface area contributed by atoms with Crippen molar-refractivity contribution in [2.75, 3.05) is 43.4 Å². The highest BCUT2D eigenvalue weighted by Crippen LogP contribution is 2.21. The third-order valence-electron chi connectivity index (χ3n) is 4.48. The van der Waals surface area contributed by atoms with Crippen LogP contribution in [0.15, 0.2) is 30.5 Å². The summed E-state index contributed by atoms with van der Waals surface area (Å²) < 4.78 is 0. The first-order chi connectivity index (χ1) is 10.7. The van der Waals surface area contributed by atoms with Gasteiger partial charge in [-0.15, -0.1) is 0 Å². The minimum absolute atomic E-state index is 0.0994. The molecule has 5 nitrogen and oxygen atoms in total. The second-order valence-electron chi connectivity index (χ2n) is 6.17. The molecule has 1 fully saturated rings. The smallest absolute Gasteiger partial charge is 0.227 e. The molecule has 1 unspecified atom stereocenters. The molecule has 22 heavy (non-hydrogen) atoms. The summed E-state index contributed by atoms with van der Waals surface area (Å²) in [6.45, 7) is 4.14. The summed E-state index contributed by atoms with van der Waals surface area (Å²) >= 11 is 0. The maximum Gasteiger partial charge on any atom is 0.227 e. The number of piperazine rings is 1. The molecule has 1 N–H and O–H groups in total. The Morgan fingerprint density at radius 2 is 2.05 bits per heavy atom. The lowest BCUT2D eigenvalue weighted by atomic mass is 9.93. The Labute approximate surface area is 132 Å². The highest BCUT2D eigenvalue weighted by molar-refractivity contribution is 5.92. The molecule has 1 aromatic heterocycles. The van der Waals surface area contributed by atoms with Crippen molar-refractivity contribution in [3.8, 4) is 0 Å². The van der Waals surface area contributed by atoms with Gasteiger partial charge in [0.15, 0.2) is 0 Å². The summed E-state index contributed by atoms with van der Waals surface area (Å²) in [5.41, 5.74) is 0.789. The minimum Gasteiger partial charge on any atom is -0.354 e. The number of nitrogens with one attached hydrogen (secondary N) is 1. The van der Waals surface area contributed by atoms with Gasteiger partial charge in [-0.1, -0.05) is 12.2 Å². The lowest BCUT2D eigenvalue weighted by Crippen LogP contribution is -2.44. The van der Waals surface area contributed by atoms with Crippen LogP contribution in [0.2, 0.25) is 0 Å². The number of amides is 1. The normalized spacial score (nSPS) is 22.6. The van der Waals surface area contributed by atoms with Crippen LogP contribution in [0.1, 0.15) is 19.3 Å². The van der Waals surface area contributed by atoms with Crippen LogP contribution in [0.5, 0.6) is 0 Å². The number of hydrogen-bond acceptors (Lipinski definition) is 4. The number of nitrogens with zero attached hydrogens (tertiary/aromatic N) is 3. The zero-order valence-corrected chi connectivity index (χ0v) is 13.2. The largest absolute Gasteiger partial charge is 0.354 e. The molecule has 1 aromatic rings. The van der Waals surface area contributed by atoms with Gasteiger partial charge in [-0.05, 0) is 38.4 Å². The van der Waals surface area contributed by atoms with Crippen molar-refractivity contribution in [2.45, 2.75) is 19.3 Å². The molecule has 3 rings (SSSR count). The van der Waals surface area contributed by atoms with Crippen LogP contribution in [-0.2, 0) is 4.79 Å². The fraction of sp³-hybridized carbons (Fsp3) is 0.529. The van der Waals surface area contributed by atoms with Gasteiger partial charge < -0.3 is 15.1 Å². The van der Waals surface area contributed by atoms with Gasteiger partial charge in [0, 0.05) is 32.1 Å². The van der Waals surface area contributed by atoms with Crippen LogP contribution in [0, 0.1) is 5.92 Å². The molecule has 118 valence electrons. The fourth-order valence-electron chi connectivity index (χ4n) is 2.96. The number of allylic oxidation sites excluding steroid dienone is 2. The summed E-state index contributed by atoms with van der Waals surface area (Å²) in [5, 5.41) is 2.99. The third kappa shape index (κ3) is 3.65. The molecule has 1 aliphatic heterocycles. The average Bonchev–Trinajstić information content (AvgIpc) is 2.57. The second-order valence-corrected chi connectivity index (χ2v) is 6.17. The number of carbonyl (C=O) groups excluding carboxylic acids is 1. The van der Waals surface area contributed by atoms with E-state index in [1.54, 1.807) is 6.20 Å². The van der Waals surface area contributed by atoms with E-state index in [9.17, 15) is 4.79 Å². The number of anilines is 2. The van der Waals surface area contributed by atoms with Gasteiger partial charge in [0.05, 0.1) is 11.9 Å². The zero-order chi connectivity index (χ0) is 15.4. The van der Waals surface area contributed by atoms with E-state index in [1.807, 2.05) is 12.1 Å². The molecule has 0 aromatic carbocycles. The highest BCUT2D eigenvalue weighted by atomic mass is 16.1. The zero-order valence-electron chi connectivity index (χ0n) is 13.2. The van der Waals surface area contributed by atoms with Gasteiger partial charge in [-0.2, -0.15) is 0 Å². The molecular formula is C17H24N4O. The SMILES string of the molecule is CN1CCN(c2ccc(NC(=O)C3CC=CCC3)cn2)CC1. The van der Waals surface area contributed by atoms with Crippen LogP contribution >= 0.6 is 0 Å².